The normalized spacial score (nSPS) is 8.90. The van der Waals surface area contributed by atoms with Crippen molar-refractivity contribution in [2.75, 3.05) is 19.8 Å². The van der Waals surface area contributed by atoms with Gasteiger partial charge in [0.05, 0.1) is 13.2 Å². The van der Waals surface area contributed by atoms with Gasteiger partial charge < -0.3 is 9.47 Å². The fraction of sp³-hybridized carbons (Fsp3) is 0.571. The molecule has 0 amide bonds. The minimum Gasteiger partial charge on any atom is -0.465 e. The van der Waals surface area contributed by atoms with E-state index in [1.807, 2.05) is 6.92 Å². The molecule has 0 fully saturated rings. The Morgan fingerprint density at radius 3 is 2.80 bits per heavy atom. The van der Waals surface area contributed by atoms with E-state index in [9.17, 15) is 4.79 Å². The molecule has 0 atom stereocenters. The molecule has 0 aromatic carbocycles. The second-order valence-corrected chi connectivity index (χ2v) is 1.98. The summed E-state index contributed by atoms with van der Waals surface area (Å²) in [7, 11) is 0. The summed E-state index contributed by atoms with van der Waals surface area (Å²) in [6, 6.07) is 0. The monoisotopic (exact) mass is 144 g/mol. The minimum absolute atomic E-state index is 0.316. The van der Waals surface area contributed by atoms with Crippen LogP contribution in [-0.2, 0) is 14.3 Å². The number of hydrogen-bond donors (Lipinski definition) is 0. The van der Waals surface area contributed by atoms with E-state index in [0.29, 0.717) is 26.3 Å². The van der Waals surface area contributed by atoms with Crippen LogP contribution >= 0.6 is 0 Å². The summed E-state index contributed by atoms with van der Waals surface area (Å²) < 4.78 is 9.39. The predicted molar refractivity (Wildman–Crippen MR) is 37.6 cm³/mol. The summed E-state index contributed by atoms with van der Waals surface area (Å²) in [4.78, 5) is 9.61. The third-order valence-corrected chi connectivity index (χ3v) is 0.762. The van der Waals surface area contributed by atoms with Gasteiger partial charge in [0.1, 0.15) is 6.61 Å². The molecule has 0 N–H and O–H groups in total. The molecule has 0 bridgehead atoms. The van der Waals surface area contributed by atoms with Crippen molar-refractivity contribution in [3.05, 3.63) is 12.2 Å². The van der Waals surface area contributed by atoms with Crippen molar-refractivity contribution in [2.45, 2.75) is 6.92 Å². The molecule has 0 aliphatic carbocycles. The molecular formula is C7H12O3. The van der Waals surface area contributed by atoms with Crippen molar-refractivity contribution in [2.24, 2.45) is 0 Å². The van der Waals surface area contributed by atoms with E-state index in [1.54, 1.807) is 0 Å². The molecule has 0 aliphatic rings. The van der Waals surface area contributed by atoms with E-state index < -0.39 is 0 Å². The van der Waals surface area contributed by atoms with Crippen LogP contribution in [0.3, 0.4) is 0 Å². The van der Waals surface area contributed by atoms with Crippen molar-refractivity contribution in [1.29, 1.82) is 0 Å². The molecule has 0 saturated carbocycles. The molecule has 0 aliphatic heterocycles. The first-order valence-electron chi connectivity index (χ1n) is 3.04. The van der Waals surface area contributed by atoms with Crippen LogP contribution in [0.15, 0.2) is 12.2 Å². The van der Waals surface area contributed by atoms with Crippen LogP contribution in [-0.4, -0.2) is 26.3 Å². The second kappa shape index (κ2) is 6.29. The molecule has 3 heteroatoms. The maximum absolute atomic E-state index is 9.61. The zero-order valence-electron chi connectivity index (χ0n) is 6.13. The van der Waals surface area contributed by atoms with E-state index in [1.165, 1.54) is 0 Å². The van der Waals surface area contributed by atoms with Gasteiger partial charge in [-0.3, -0.25) is 4.79 Å². The van der Waals surface area contributed by atoms with Gasteiger partial charge in [0.15, 0.2) is 0 Å². The molecule has 0 aromatic rings. The highest BCUT2D eigenvalue weighted by Gasteiger charge is 1.87. The van der Waals surface area contributed by atoms with Gasteiger partial charge in [-0.2, -0.15) is 0 Å². The number of carbonyl (C=O) groups excluding carboxylic acids is 1. The van der Waals surface area contributed by atoms with Gasteiger partial charge in [-0.1, -0.05) is 12.2 Å². The van der Waals surface area contributed by atoms with Crippen molar-refractivity contribution >= 4 is 6.47 Å². The van der Waals surface area contributed by atoms with E-state index in [2.05, 4.69) is 11.3 Å². The van der Waals surface area contributed by atoms with Gasteiger partial charge in [0, 0.05) is 0 Å². The maximum atomic E-state index is 9.61. The van der Waals surface area contributed by atoms with Gasteiger partial charge in [0.2, 0.25) is 0 Å². The zero-order chi connectivity index (χ0) is 7.82. The van der Waals surface area contributed by atoms with Crippen molar-refractivity contribution in [1.82, 2.24) is 0 Å². The molecule has 0 radical (unpaired) electrons. The SMILES string of the molecule is C=C(C)COCCOC=O. The summed E-state index contributed by atoms with van der Waals surface area (Å²) in [5, 5.41) is 0. The molecule has 0 saturated heterocycles. The second-order valence-electron chi connectivity index (χ2n) is 1.98. The highest BCUT2D eigenvalue weighted by Crippen LogP contribution is 1.86. The smallest absolute Gasteiger partial charge is 0.293 e. The van der Waals surface area contributed by atoms with E-state index >= 15 is 0 Å². The Bertz CT molecular complexity index is 109. The molecule has 3 nitrogen and oxygen atoms in total. The quantitative estimate of drug-likeness (QED) is 0.313. The Labute approximate surface area is 60.6 Å². The van der Waals surface area contributed by atoms with E-state index in [-0.39, 0.29) is 0 Å². The molecule has 0 spiro atoms. The zero-order valence-corrected chi connectivity index (χ0v) is 6.13. The van der Waals surface area contributed by atoms with Crippen molar-refractivity contribution in [3.8, 4) is 0 Å². The maximum Gasteiger partial charge on any atom is 0.293 e. The van der Waals surface area contributed by atoms with Crippen LogP contribution < -0.4 is 0 Å². The fourth-order valence-corrected chi connectivity index (χ4v) is 0.402. The van der Waals surface area contributed by atoms with Crippen molar-refractivity contribution in [3.63, 3.8) is 0 Å². The Morgan fingerprint density at radius 2 is 2.30 bits per heavy atom. The lowest BCUT2D eigenvalue weighted by Gasteiger charge is -2.00. The molecule has 0 aromatic heterocycles. The van der Waals surface area contributed by atoms with E-state index in [4.69, 9.17) is 4.74 Å². The summed E-state index contributed by atoms with van der Waals surface area (Å²) in [5.41, 5.74) is 0.964. The first-order valence-corrected chi connectivity index (χ1v) is 3.04. The van der Waals surface area contributed by atoms with Crippen molar-refractivity contribution < 1.29 is 14.3 Å². The standard InChI is InChI=1S/C7H12O3/c1-7(2)5-9-3-4-10-6-8/h6H,1,3-5H2,2H3. The number of rotatable bonds is 6. The van der Waals surface area contributed by atoms with Gasteiger partial charge >= 0.3 is 0 Å². The largest absolute Gasteiger partial charge is 0.465 e. The third-order valence-electron chi connectivity index (χ3n) is 0.762. The molecule has 0 unspecified atom stereocenters. The highest BCUT2D eigenvalue weighted by atomic mass is 16.5. The molecule has 0 heterocycles. The molecule has 58 valence electrons. The van der Waals surface area contributed by atoms with Crippen LogP contribution in [0.25, 0.3) is 0 Å². The molecule has 10 heavy (non-hydrogen) atoms. The minimum atomic E-state index is 0.316. The Balaban J connectivity index is 2.90. The third kappa shape index (κ3) is 7.17. The van der Waals surface area contributed by atoms with Crippen LogP contribution in [0.4, 0.5) is 0 Å². The Kier molecular flexibility index (Phi) is 5.77. The summed E-state index contributed by atoms with van der Waals surface area (Å²) in [6.07, 6.45) is 0. The highest BCUT2D eigenvalue weighted by molar-refractivity contribution is 5.36. The van der Waals surface area contributed by atoms with Crippen LogP contribution in [0.5, 0.6) is 0 Å². The van der Waals surface area contributed by atoms with Crippen LogP contribution in [0.1, 0.15) is 6.92 Å². The molecule has 0 rings (SSSR count). The molecular weight excluding hydrogens is 132 g/mol. The summed E-state index contributed by atoms with van der Waals surface area (Å²) in [5.74, 6) is 0. The van der Waals surface area contributed by atoms with Crippen LogP contribution in [0, 0.1) is 0 Å². The number of carbonyl (C=O) groups is 1. The first-order chi connectivity index (χ1) is 4.77. The lowest BCUT2D eigenvalue weighted by atomic mass is 10.4. The van der Waals surface area contributed by atoms with Gasteiger partial charge in [0.25, 0.3) is 6.47 Å². The topological polar surface area (TPSA) is 35.5 Å². The van der Waals surface area contributed by atoms with Gasteiger partial charge in [-0.15, -0.1) is 0 Å². The Morgan fingerprint density at radius 1 is 1.60 bits per heavy atom. The Hall–Kier alpha value is -0.830. The fourth-order valence-electron chi connectivity index (χ4n) is 0.402. The number of ether oxygens (including phenoxy) is 2. The summed E-state index contributed by atoms with van der Waals surface area (Å²) in [6.45, 7) is 7.20. The van der Waals surface area contributed by atoms with E-state index in [0.717, 1.165) is 5.57 Å². The number of hydrogen-bond acceptors (Lipinski definition) is 3. The predicted octanol–water partition coefficient (Wildman–Crippen LogP) is 0.752. The van der Waals surface area contributed by atoms with Gasteiger partial charge in [-0.05, 0) is 6.92 Å². The lowest BCUT2D eigenvalue weighted by Crippen LogP contribution is -2.04. The van der Waals surface area contributed by atoms with Gasteiger partial charge in [-0.25, -0.2) is 0 Å². The summed E-state index contributed by atoms with van der Waals surface area (Å²) >= 11 is 0. The average Bonchev–Trinajstić information content (AvgIpc) is 1.87. The van der Waals surface area contributed by atoms with Crippen LogP contribution in [0.2, 0.25) is 0 Å². The average molecular weight is 144 g/mol. The lowest BCUT2D eigenvalue weighted by molar-refractivity contribution is -0.130. The first kappa shape index (κ1) is 9.17.